The van der Waals surface area contributed by atoms with Gasteiger partial charge in [-0.3, -0.25) is 38.4 Å². The van der Waals surface area contributed by atoms with E-state index in [1.807, 2.05) is 57.2 Å². The van der Waals surface area contributed by atoms with Crippen molar-refractivity contribution in [1.82, 2.24) is 40.4 Å². The second-order valence-electron chi connectivity index (χ2n) is 23.7. The lowest BCUT2D eigenvalue weighted by molar-refractivity contribution is -0.177. The van der Waals surface area contributed by atoms with E-state index in [1.165, 1.54) is 61.6 Å². The summed E-state index contributed by atoms with van der Waals surface area (Å²) in [5, 5.41) is 20.5. The number of amides is 8. The smallest absolute Gasteiger partial charge is 0.332 e. The number of hydrogen-bond acceptors (Lipinski definition) is 11. The number of likely N-dealkylation sites (N-methyl/N-ethyl adjacent to an activating group) is 4. The van der Waals surface area contributed by atoms with Crippen LogP contribution < -0.4 is 16.0 Å². The number of aliphatic hydroxyl groups is 1. The van der Waals surface area contributed by atoms with Gasteiger partial charge in [-0.15, -0.1) is 0 Å². The molecule has 0 unspecified atom stereocenters. The first-order valence-corrected chi connectivity index (χ1v) is 28.3. The summed E-state index contributed by atoms with van der Waals surface area (Å²) in [4.78, 5) is 140. The van der Waals surface area contributed by atoms with Gasteiger partial charge in [-0.05, 0) is 74.3 Å². The van der Waals surface area contributed by atoms with Crippen molar-refractivity contribution in [2.75, 3.05) is 34.7 Å². The molecular formula is C60H92N8O11. The summed E-state index contributed by atoms with van der Waals surface area (Å²) in [5.74, 6) is -8.65. The van der Waals surface area contributed by atoms with Crippen molar-refractivity contribution in [2.45, 2.75) is 188 Å². The van der Waals surface area contributed by atoms with Crippen LogP contribution >= 0.6 is 0 Å². The monoisotopic (exact) mass is 1100 g/mol. The van der Waals surface area contributed by atoms with Crippen LogP contribution in [-0.4, -0.2) is 178 Å². The van der Waals surface area contributed by atoms with Crippen molar-refractivity contribution in [3.63, 3.8) is 0 Å². The Bertz CT molecular complexity index is 2430. The standard InChI is InChI=1S/C60H92N8O11/c1-17-38(9)46-57(75)65(14)47(36(5)6)52(70)61-42(32-35(3)4)55(73)67(16)50(60(11,12)78)59(77)79-49(39(10)18-2)58(76)66(15)48(37(7)8)53(71)62-43(33-40-26-21-19-22-27-40)54(72)64(13)45(34-41-28-23-20-24-29-41)56(74)68-31-25-30-44(68)51(69)63-46/h19-24,26-29,35-39,42-50,78H,17-18,25,30-34H2,1-16H3,(H,61,70)(H,62,71)(H,63,69)/t38-,39+,42-,43-,44-,45-,46-,47-,48-,49+,50+/m0/s1. The van der Waals surface area contributed by atoms with Crippen molar-refractivity contribution in [3.8, 4) is 0 Å². The van der Waals surface area contributed by atoms with E-state index in [-0.39, 0.29) is 38.1 Å². The molecule has 0 aliphatic carbocycles. The molecule has 19 heteroatoms. The second-order valence-corrected chi connectivity index (χ2v) is 23.7. The van der Waals surface area contributed by atoms with Crippen LogP contribution in [0.15, 0.2) is 60.7 Å². The lowest BCUT2D eigenvalue weighted by atomic mass is 9.93. The summed E-state index contributed by atoms with van der Waals surface area (Å²) in [6.45, 7) is 20.6. The van der Waals surface area contributed by atoms with Gasteiger partial charge in [0.25, 0.3) is 5.91 Å². The van der Waals surface area contributed by atoms with E-state index in [0.29, 0.717) is 24.8 Å². The van der Waals surface area contributed by atoms with Crippen LogP contribution in [0, 0.1) is 29.6 Å². The predicted octanol–water partition coefficient (Wildman–Crippen LogP) is 4.37. The van der Waals surface area contributed by atoms with Gasteiger partial charge in [-0.2, -0.15) is 0 Å². The maximum absolute atomic E-state index is 15.3. The van der Waals surface area contributed by atoms with E-state index in [9.17, 15) is 38.7 Å². The zero-order chi connectivity index (χ0) is 59.4. The highest BCUT2D eigenvalue weighted by molar-refractivity contribution is 5.99. The Morgan fingerprint density at radius 3 is 1.54 bits per heavy atom. The molecule has 19 nitrogen and oxygen atoms in total. The predicted molar refractivity (Wildman–Crippen MR) is 301 cm³/mol. The first-order chi connectivity index (χ1) is 37.0. The fourth-order valence-electron chi connectivity index (χ4n) is 11.0. The number of esters is 1. The first kappa shape index (κ1) is 65.2. The van der Waals surface area contributed by atoms with Crippen LogP contribution in [0.5, 0.6) is 0 Å². The Morgan fingerprint density at radius 1 is 0.582 bits per heavy atom. The van der Waals surface area contributed by atoms with E-state index < -0.39 is 137 Å². The number of carbonyl (C=O) groups excluding carboxylic acids is 9. The van der Waals surface area contributed by atoms with Gasteiger partial charge < -0.3 is 50.3 Å². The molecule has 2 aromatic carbocycles. The number of carbonyl (C=O) groups is 9. The number of nitrogens with zero attached hydrogens (tertiary/aromatic N) is 5. The molecule has 2 aromatic rings. The van der Waals surface area contributed by atoms with Crippen LogP contribution in [0.4, 0.5) is 0 Å². The lowest BCUT2D eigenvalue weighted by Gasteiger charge is -2.39. The van der Waals surface area contributed by atoms with Gasteiger partial charge in [0.05, 0.1) is 5.60 Å². The molecule has 4 rings (SSSR count). The number of cyclic esters (lactones) is 1. The molecule has 2 aliphatic rings. The number of ether oxygens (including phenoxy) is 1. The molecular weight excluding hydrogens is 1010 g/mol. The van der Waals surface area contributed by atoms with Crippen molar-refractivity contribution >= 4 is 53.2 Å². The Morgan fingerprint density at radius 2 is 1.06 bits per heavy atom. The van der Waals surface area contributed by atoms with Gasteiger partial charge in [0.15, 0.2) is 12.1 Å². The fourth-order valence-corrected chi connectivity index (χ4v) is 11.0. The minimum Gasteiger partial charge on any atom is -0.450 e. The molecule has 8 amide bonds. The molecule has 2 saturated heterocycles. The summed E-state index contributed by atoms with van der Waals surface area (Å²) in [7, 11) is 5.67. The molecule has 11 atom stereocenters. The topological polar surface area (TPSA) is 235 Å². The lowest BCUT2D eigenvalue weighted by Crippen LogP contribution is -2.63. The molecule has 0 spiro atoms. The molecule has 4 N–H and O–H groups in total. The fraction of sp³-hybridized carbons (Fsp3) is 0.650. The van der Waals surface area contributed by atoms with Gasteiger partial charge in [0.2, 0.25) is 41.4 Å². The van der Waals surface area contributed by atoms with Crippen LogP contribution in [-0.2, 0) is 60.7 Å². The zero-order valence-electron chi connectivity index (χ0n) is 49.8. The first-order valence-electron chi connectivity index (χ1n) is 28.3. The molecule has 0 bridgehead atoms. The molecule has 0 saturated carbocycles. The summed E-state index contributed by atoms with van der Waals surface area (Å²) in [6, 6.07) is 8.11. The third kappa shape index (κ3) is 16.4. The number of rotatable bonds is 13. The summed E-state index contributed by atoms with van der Waals surface area (Å²) in [5.41, 5.74) is -0.551. The molecule has 2 heterocycles. The average Bonchev–Trinajstić information content (AvgIpc) is 3.93. The normalized spacial score (nSPS) is 26.5. The highest BCUT2D eigenvalue weighted by Crippen LogP contribution is 2.27. The average molecular weight is 1100 g/mol. The number of nitrogens with one attached hydrogen (secondary N) is 3. The van der Waals surface area contributed by atoms with Crippen LogP contribution in [0.25, 0.3) is 0 Å². The molecule has 2 aliphatic heterocycles. The maximum atomic E-state index is 15.3. The van der Waals surface area contributed by atoms with Gasteiger partial charge in [0.1, 0.15) is 42.3 Å². The SMILES string of the molecule is CC[C@@H](C)[C@H]1OC(=O)[C@H](C(C)(C)O)N(C)C(=O)[C@H](CC(C)C)NC(=O)[C@H](C(C)C)N(C)C(=O)[C@H]([C@@H](C)CC)NC(=O)[C@@H]2CCCN2C(=O)[C@H](Cc2ccccc2)N(C)C(=O)[C@H](Cc2ccccc2)NC(=O)[C@H](C(C)C)N(C)C1=O. The molecule has 79 heavy (non-hydrogen) atoms. The van der Waals surface area contributed by atoms with Crippen molar-refractivity contribution in [2.24, 2.45) is 29.6 Å². The van der Waals surface area contributed by atoms with Gasteiger partial charge in [0, 0.05) is 53.5 Å². The van der Waals surface area contributed by atoms with Crippen molar-refractivity contribution in [1.29, 1.82) is 0 Å². The van der Waals surface area contributed by atoms with Gasteiger partial charge >= 0.3 is 5.97 Å². The Hall–Kier alpha value is -6.37. The van der Waals surface area contributed by atoms with E-state index in [1.54, 1.807) is 72.7 Å². The number of hydrogen-bond donors (Lipinski definition) is 4. The van der Waals surface area contributed by atoms with E-state index in [2.05, 4.69) is 16.0 Å². The van der Waals surface area contributed by atoms with Gasteiger partial charge in [-0.1, -0.05) is 136 Å². The summed E-state index contributed by atoms with van der Waals surface area (Å²) >= 11 is 0. The van der Waals surface area contributed by atoms with E-state index in [4.69, 9.17) is 4.74 Å². The Balaban J connectivity index is 1.98. The third-order valence-corrected chi connectivity index (χ3v) is 15.8. The second kappa shape index (κ2) is 28.7. The minimum absolute atomic E-state index is 0.00676. The highest BCUT2D eigenvalue weighted by Gasteiger charge is 2.48. The molecule has 0 aromatic heterocycles. The number of benzene rings is 2. The van der Waals surface area contributed by atoms with Crippen molar-refractivity contribution < 1.29 is 53.0 Å². The third-order valence-electron chi connectivity index (χ3n) is 15.8. The molecule has 2 fully saturated rings. The van der Waals surface area contributed by atoms with E-state index >= 15 is 9.59 Å². The molecule has 0 radical (unpaired) electrons. The quantitative estimate of drug-likeness (QED) is 0.206. The Kier molecular flexibility index (Phi) is 23.6. The largest absolute Gasteiger partial charge is 0.450 e. The van der Waals surface area contributed by atoms with Crippen LogP contribution in [0.1, 0.15) is 126 Å². The Labute approximate surface area is 469 Å². The minimum atomic E-state index is -1.97. The summed E-state index contributed by atoms with van der Waals surface area (Å²) in [6.07, 6.45) is 0.101. The maximum Gasteiger partial charge on any atom is 0.332 e. The van der Waals surface area contributed by atoms with E-state index in [0.717, 1.165) is 10.5 Å². The van der Waals surface area contributed by atoms with Crippen LogP contribution in [0.2, 0.25) is 0 Å². The van der Waals surface area contributed by atoms with Crippen LogP contribution in [0.3, 0.4) is 0 Å². The van der Waals surface area contributed by atoms with Crippen molar-refractivity contribution in [3.05, 3.63) is 71.8 Å². The summed E-state index contributed by atoms with van der Waals surface area (Å²) < 4.78 is 6.09. The zero-order valence-corrected chi connectivity index (χ0v) is 49.8. The highest BCUT2D eigenvalue weighted by atomic mass is 16.6. The molecule has 438 valence electrons. The van der Waals surface area contributed by atoms with Gasteiger partial charge in [-0.25, -0.2) is 4.79 Å². The number of fused-ring (bicyclic) bond motifs is 1.